The van der Waals surface area contributed by atoms with E-state index in [2.05, 4.69) is 33.5 Å². The Balaban J connectivity index is 1.29. The standard InChI is InChI=1S/C27H23N3O2/c31-27(29-24-12-6-8-19-7-4-5-11-23(19)24)21-15-13-20(14-16-21)26-28-18-17-25(30-26)32-22-9-2-1-3-10-22/h1-5,7,9-11,13-18,24H,6,8,12H2,(H,29,31)/t24-/m0/s1. The van der Waals surface area contributed by atoms with Crippen LogP contribution in [0.2, 0.25) is 0 Å². The Morgan fingerprint density at radius 2 is 1.69 bits per heavy atom. The van der Waals surface area contributed by atoms with Gasteiger partial charge in [-0.15, -0.1) is 0 Å². The summed E-state index contributed by atoms with van der Waals surface area (Å²) in [5, 5.41) is 3.20. The number of nitrogens with one attached hydrogen (secondary N) is 1. The van der Waals surface area contributed by atoms with E-state index in [-0.39, 0.29) is 11.9 Å². The number of nitrogens with zero attached hydrogens (tertiary/aromatic N) is 2. The van der Waals surface area contributed by atoms with Crippen molar-refractivity contribution in [2.45, 2.75) is 25.3 Å². The zero-order chi connectivity index (χ0) is 21.8. The van der Waals surface area contributed by atoms with Gasteiger partial charge in [0, 0.05) is 23.4 Å². The number of aromatic nitrogens is 2. The summed E-state index contributed by atoms with van der Waals surface area (Å²) in [5.41, 5.74) is 4.00. The third-order valence-corrected chi connectivity index (χ3v) is 5.68. The summed E-state index contributed by atoms with van der Waals surface area (Å²) in [5.74, 6) is 1.67. The van der Waals surface area contributed by atoms with Crippen molar-refractivity contribution in [2.24, 2.45) is 0 Å². The highest BCUT2D eigenvalue weighted by atomic mass is 16.5. The maximum Gasteiger partial charge on any atom is 0.251 e. The van der Waals surface area contributed by atoms with Gasteiger partial charge < -0.3 is 10.1 Å². The number of ether oxygens (including phenoxy) is 1. The van der Waals surface area contributed by atoms with Gasteiger partial charge in [0.25, 0.3) is 5.91 Å². The minimum Gasteiger partial charge on any atom is -0.439 e. The second kappa shape index (κ2) is 9.02. The van der Waals surface area contributed by atoms with Crippen LogP contribution >= 0.6 is 0 Å². The highest BCUT2D eigenvalue weighted by Gasteiger charge is 2.21. The van der Waals surface area contributed by atoms with Crippen LogP contribution in [0.3, 0.4) is 0 Å². The van der Waals surface area contributed by atoms with E-state index < -0.39 is 0 Å². The largest absolute Gasteiger partial charge is 0.439 e. The molecule has 5 heteroatoms. The molecule has 1 aromatic heterocycles. The van der Waals surface area contributed by atoms with E-state index in [9.17, 15) is 4.79 Å². The van der Waals surface area contributed by atoms with Crippen molar-refractivity contribution < 1.29 is 9.53 Å². The Hall–Kier alpha value is -3.99. The molecule has 3 aromatic carbocycles. The zero-order valence-electron chi connectivity index (χ0n) is 17.6. The summed E-state index contributed by atoms with van der Waals surface area (Å²) >= 11 is 0. The van der Waals surface area contributed by atoms with Crippen molar-refractivity contribution in [1.82, 2.24) is 15.3 Å². The van der Waals surface area contributed by atoms with Crippen LogP contribution in [-0.2, 0) is 6.42 Å². The smallest absolute Gasteiger partial charge is 0.251 e. The normalized spacial score (nSPS) is 14.9. The molecule has 0 fully saturated rings. The van der Waals surface area contributed by atoms with Crippen LogP contribution < -0.4 is 10.1 Å². The van der Waals surface area contributed by atoms with Gasteiger partial charge in [-0.3, -0.25) is 4.79 Å². The van der Waals surface area contributed by atoms with Crippen LogP contribution in [0.25, 0.3) is 11.4 Å². The molecule has 0 unspecified atom stereocenters. The second-order valence-electron chi connectivity index (χ2n) is 7.83. The molecule has 1 heterocycles. The van der Waals surface area contributed by atoms with Gasteiger partial charge in [0.1, 0.15) is 5.75 Å². The number of para-hydroxylation sites is 1. The zero-order valence-corrected chi connectivity index (χ0v) is 17.6. The van der Waals surface area contributed by atoms with Gasteiger partial charge in [-0.05, 0) is 54.7 Å². The summed E-state index contributed by atoms with van der Waals surface area (Å²) in [6.07, 6.45) is 4.79. The molecule has 1 amide bonds. The lowest BCUT2D eigenvalue weighted by molar-refractivity contribution is 0.0933. The summed E-state index contributed by atoms with van der Waals surface area (Å²) in [6.45, 7) is 0. The van der Waals surface area contributed by atoms with Crippen molar-refractivity contribution in [1.29, 1.82) is 0 Å². The number of carbonyl (C=O) groups is 1. The molecule has 5 nitrogen and oxygen atoms in total. The predicted molar refractivity (Wildman–Crippen MR) is 124 cm³/mol. The lowest BCUT2D eigenvalue weighted by Crippen LogP contribution is -2.30. The van der Waals surface area contributed by atoms with Crippen LogP contribution in [0.5, 0.6) is 11.6 Å². The summed E-state index contributed by atoms with van der Waals surface area (Å²) in [6, 6.07) is 27.0. The molecule has 4 aromatic rings. The van der Waals surface area contributed by atoms with Gasteiger partial charge >= 0.3 is 0 Å². The van der Waals surface area contributed by atoms with Gasteiger partial charge in [-0.25, -0.2) is 4.98 Å². The van der Waals surface area contributed by atoms with E-state index in [1.807, 2.05) is 60.7 Å². The molecule has 158 valence electrons. The minimum absolute atomic E-state index is 0.0577. The first-order valence-electron chi connectivity index (χ1n) is 10.8. The fourth-order valence-electron chi connectivity index (χ4n) is 4.06. The molecular weight excluding hydrogens is 398 g/mol. The number of aryl methyl sites for hydroxylation is 1. The predicted octanol–water partition coefficient (Wildman–Crippen LogP) is 5.74. The topological polar surface area (TPSA) is 64.1 Å². The molecule has 1 aliphatic carbocycles. The fraction of sp³-hybridized carbons (Fsp3) is 0.148. The van der Waals surface area contributed by atoms with Crippen LogP contribution in [-0.4, -0.2) is 15.9 Å². The highest BCUT2D eigenvalue weighted by molar-refractivity contribution is 5.94. The number of amides is 1. The van der Waals surface area contributed by atoms with Gasteiger partial charge in [0.2, 0.25) is 5.88 Å². The number of carbonyl (C=O) groups excluding carboxylic acids is 1. The Morgan fingerprint density at radius 3 is 2.53 bits per heavy atom. The molecule has 32 heavy (non-hydrogen) atoms. The third-order valence-electron chi connectivity index (χ3n) is 5.68. The molecule has 1 N–H and O–H groups in total. The molecule has 5 rings (SSSR count). The van der Waals surface area contributed by atoms with Crippen molar-refractivity contribution in [3.05, 3.63) is 108 Å². The lowest BCUT2D eigenvalue weighted by Gasteiger charge is -2.26. The molecule has 1 atom stereocenters. The maximum absolute atomic E-state index is 12.9. The number of hydrogen-bond donors (Lipinski definition) is 1. The Bertz CT molecular complexity index is 1220. The first-order chi connectivity index (χ1) is 15.8. The van der Waals surface area contributed by atoms with Crippen LogP contribution in [0.15, 0.2) is 91.1 Å². The molecule has 0 bridgehead atoms. The first kappa shape index (κ1) is 19.9. The van der Waals surface area contributed by atoms with E-state index in [0.29, 0.717) is 23.0 Å². The molecule has 1 aliphatic rings. The average Bonchev–Trinajstić information content (AvgIpc) is 2.85. The van der Waals surface area contributed by atoms with Gasteiger partial charge in [-0.2, -0.15) is 4.98 Å². The van der Waals surface area contributed by atoms with Crippen molar-refractivity contribution >= 4 is 5.91 Å². The van der Waals surface area contributed by atoms with E-state index in [1.54, 1.807) is 12.3 Å². The fourth-order valence-corrected chi connectivity index (χ4v) is 4.06. The number of hydrogen-bond acceptors (Lipinski definition) is 4. The number of benzene rings is 3. The molecule has 0 saturated heterocycles. The summed E-state index contributed by atoms with van der Waals surface area (Å²) in [4.78, 5) is 21.7. The Morgan fingerprint density at radius 1 is 0.906 bits per heavy atom. The molecular formula is C27H23N3O2. The summed E-state index contributed by atoms with van der Waals surface area (Å²) < 4.78 is 5.80. The third kappa shape index (κ3) is 4.37. The lowest BCUT2D eigenvalue weighted by atomic mass is 9.87. The van der Waals surface area contributed by atoms with Crippen LogP contribution in [0, 0.1) is 0 Å². The number of fused-ring (bicyclic) bond motifs is 1. The summed E-state index contributed by atoms with van der Waals surface area (Å²) in [7, 11) is 0. The highest BCUT2D eigenvalue weighted by Crippen LogP contribution is 2.30. The SMILES string of the molecule is O=C(N[C@H]1CCCc2ccccc21)c1ccc(-c2nccc(Oc3ccccc3)n2)cc1. The molecule has 0 saturated carbocycles. The maximum atomic E-state index is 12.9. The van der Waals surface area contributed by atoms with Gasteiger partial charge in [0.15, 0.2) is 5.82 Å². The second-order valence-corrected chi connectivity index (χ2v) is 7.83. The molecule has 0 aliphatic heterocycles. The first-order valence-corrected chi connectivity index (χ1v) is 10.8. The van der Waals surface area contributed by atoms with Crippen LogP contribution in [0.1, 0.15) is 40.4 Å². The van der Waals surface area contributed by atoms with Gasteiger partial charge in [0.05, 0.1) is 6.04 Å². The molecule has 0 radical (unpaired) electrons. The monoisotopic (exact) mass is 421 g/mol. The van der Waals surface area contributed by atoms with E-state index >= 15 is 0 Å². The van der Waals surface area contributed by atoms with E-state index in [1.165, 1.54) is 11.1 Å². The molecule has 0 spiro atoms. The Labute approximate surface area is 187 Å². The van der Waals surface area contributed by atoms with Gasteiger partial charge in [-0.1, -0.05) is 54.6 Å². The Kier molecular flexibility index (Phi) is 5.62. The van der Waals surface area contributed by atoms with E-state index in [4.69, 9.17) is 4.74 Å². The van der Waals surface area contributed by atoms with Crippen molar-refractivity contribution in [3.8, 4) is 23.0 Å². The number of rotatable bonds is 5. The van der Waals surface area contributed by atoms with Crippen molar-refractivity contribution in [2.75, 3.05) is 0 Å². The average molecular weight is 422 g/mol. The minimum atomic E-state index is -0.0691. The van der Waals surface area contributed by atoms with E-state index in [0.717, 1.165) is 24.8 Å². The van der Waals surface area contributed by atoms with Crippen molar-refractivity contribution in [3.63, 3.8) is 0 Å². The quantitative estimate of drug-likeness (QED) is 0.446. The van der Waals surface area contributed by atoms with Crippen LogP contribution in [0.4, 0.5) is 0 Å².